The van der Waals surface area contributed by atoms with Crippen molar-refractivity contribution >= 4 is 5.97 Å². The number of aliphatic carboxylic acids is 1. The number of halogens is 1. The zero-order chi connectivity index (χ0) is 9.42. The van der Waals surface area contributed by atoms with E-state index in [1.807, 2.05) is 0 Å². The quantitative estimate of drug-likeness (QED) is 0.761. The van der Waals surface area contributed by atoms with E-state index in [0.29, 0.717) is 0 Å². The second kappa shape index (κ2) is 2.83. The number of carboxylic acid groups (broad SMARTS) is 1. The molecule has 0 radical (unpaired) electrons. The summed E-state index contributed by atoms with van der Waals surface area (Å²) in [6.07, 6.45) is 2.87. The van der Waals surface area contributed by atoms with E-state index >= 15 is 0 Å². The normalized spacial score (nSPS) is 16.1. The molecule has 0 saturated heterocycles. The summed E-state index contributed by atoms with van der Waals surface area (Å²) in [4.78, 5) is 10.3. The van der Waals surface area contributed by atoms with E-state index in [9.17, 15) is 9.18 Å². The van der Waals surface area contributed by atoms with Crippen LogP contribution < -0.4 is 0 Å². The topological polar surface area (TPSA) is 55.1 Å². The first kappa shape index (κ1) is 8.22. The molecule has 0 unspecified atom stereocenters. The van der Waals surface area contributed by atoms with Gasteiger partial charge in [-0.3, -0.25) is 4.79 Å². The lowest BCUT2D eigenvalue weighted by molar-refractivity contribution is -0.136. The standard InChI is InChI=1S/C8H9FN2O2/c9-8-5(3-7(12)13)4-10-11(8)6-1-2-6/h4,6H,1-3H2,(H,12,13). The zero-order valence-corrected chi connectivity index (χ0v) is 6.90. The van der Waals surface area contributed by atoms with Crippen LogP contribution in [0.3, 0.4) is 0 Å². The van der Waals surface area contributed by atoms with E-state index in [-0.39, 0.29) is 18.0 Å². The first-order chi connectivity index (χ1) is 6.18. The maximum Gasteiger partial charge on any atom is 0.308 e. The molecule has 2 rings (SSSR count). The highest BCUT2D eigenvalue weighted by Crippen LogP contribution is 2.35. The Morgan fingerprint density at radius 1 is 1.77 bits per heavy atom. The summed E-state index contributed by atoms with van der Waals surface area (Å²) in [5.74, 6) is -1.53. The number of aromatic nitrogens is 2. The predicted octanol–water partition coefficient (Wildman–Crippen LogP) is 0.984. The van der Waals surface area contributed by atoms with E-state index in [4.69, 9.17) is 5.11 Å². The first-order valence-electron chi connectivity index (χ1n) is 4.12. The van der Waals surface area contributed by atoms with Crippen molar-refractivity contribution in [3.05, 3.63) is 17.7 Å². The highest BCUT2D eigenvalue weighted by molar-refractivity contribution is 5.69. The molecule has 1 aliphatic carbocycles. The molecule has 4 nitrogen and oxygen atoms in total. The highest BCUT2D eigenvalue weighted by Gasteiger charge is 2.28. The Balaban J connectivity index is 2.22. The van der Waals surface area contributed by atoms with Crippen molar-refractivity contribution in [3.63, 3.8) is 0 Å². The molecule has 1 aliphatic rings. The van der Waals surface area contributed by atoms with Crippen molar-refractivity contribution in [2.24, 2.45) is 0 Å². The molecule has 1 saturated carbocycles. The molecule has 0 aromatic carbocycles. The fourth-order valence-electron chi connectivity index (χ4n) is 1.24. The number of rotatable bonds is 3. The SMILES string of the molecule is O=C(O)Cc1cnn(C2CC2)c1F. The Morgan fingerprint density at radius 2 is 2.46 bits per heavy atom. The molecule has 1 fully saturated rings. The second-order valence-electron chi connectivity index (χ2n) is 3.21. The van der Waals surface area contributed by atoms with Gasteiger partial charge >= 0.3 is 5.97 Å². The van der Waals surface area contributed by atoms with Gasteiger partial charge in [0.1, 0.15) is 0 Å². The molecule has 1 aromatic heterocycles. The van der Waals surface area contributed by atoms with Gasteiger partial charge in [-0.25, -0.2) is 4.68 Å². The average Bonchev–Trinajstić information content (AvgIpc) is 2.81. The average molecular weight is 184 g/mol. The monoisotopic (exact) mass is 184 g/mol. The van der Waals surface area contributed by atoms with E-state index in [1.54, 1.807) is 0 Å². The minimum Gasteiger partial charge on any atom is -0.481 e. The van der Waals surface area contributed by atoms with Gasteiger partial charge in [0.2, 0.25) is 5.95 Å². The Hall–Kier alpha value is -1.39. The van der Waals surface area contributed by atoms with Gasteiger partial charge in [0.15, 0.2) is 0 Å². The van der Waals surface area contributed by atoms with Gasteiger partial charge in [-0.15, -0.1) is 0 Å². The molecule has 0 spiro atoms. The molecule has 5 heteroatoms. The molecule has 1 heterocycles. The summed E-state index contributed by atoms with van der Waals surface area (Å²) in [6, 6.07) is 0.155. The number of hydrogen-bond donors (Lipinski definition) is 1. The van der Waals surface area contributed by atoms with E-state index in [0.717, 1.165) is 12.8 Å². The molecular formula is C8H9FN2O2. The number of carboxylic acids is 1. The Morgan fingerprint density at radius 3 is 3.00 bits per heavy atom. The molecule has 0 amide bonds. The summed E-state index contributed by atoms with van der Waals surface area (Å²) < 4.78 is 14.6. The summed E-state index contributed by atoms with van der Waals surface area (Å²) in [5.41, 5.74) is 0.166. The predicted molar refractivity (Wildman–Crippen MR) is 41.8 cm³/mol. The van der Waals surface area contributed by atoms with Crippen molar-refractivity contribution in [2.45, 2.75) is 25.3 Å². The van der Waals surface area contributed by atoms with Crippen LogP contribution in [0, 0.1) is 5.95 Å². The lowest BCUT2D eigenvalue weighted by Gasteiger charge is -1.97. The van der Waals surface area contributed by atoms with Gasteiger partial charge in [-0.1, -0.05) is 0 Å². The molecule has 1 aromatic rings. The largest absolute Gasteiger partial charge is 0.481 e. The van der Waals surface area contributed by atoms with Gasteiger partial charge in [0.05, 0.1) is 18.7 Å². The van der Waals surface area contributed by atoms with Gasteiger partial charge in [0, 0.05) is 5.56 Å². The van der Waals surface area contributed by atoms with Crippen LogP contribution in [0.1, 0.15) is 24.4 Å². The van der Waals surface area contributed by atoms with E-state index in [2.05, 4.69) is 5.10 Å². The third kappa shape index (κ3) is 1.54. The van der Waals surface area contributed by atoms with Crippen LogP contribution in [0.4, 0.5) is 4.39 Å². The smallest absolute Gasteiger partial charge is 0.308 e. The van der Waals surface area contributed by atoms with Crippen molar-refractivity contribution < 1.29 is 14.3 Å². The maximum atomic E-state index is 13.3. The van der Waals surface area contributed by atoms with Crippen LogP contribution in [-0.4, -0.2) is 20.9 Å². The Kier molecular flexibility index (Phi) is 1.79. The second-order valence-corrected chi connectivity index (χ2v) is 3.21. The van der Waals surface area contributed by atoms with Crippen LogP contribution in [0.25, 0.3) is 0 Å². The lowest BCUT2D eigenvalue weighted by atomic mass is 10.2. The van der Waals surface area contributed by atoms with Gasteiger partial charge < -0.3 is 5.11 Å². The van der Waals surface area contributed by atoms with Gasteiger partial charge in [-0.05, 0) is 12.8 Å². The molecule has 13 heavy (non-hydrogen) atoms. The van der Waals surface area contributed by atoms with Crippen molar-refractivity contribution in [1.29, 1.82) is 0 Å². The molecular weight excluding hydrogens is 175 g/mol. The fourth-order valence-corrected chi connectivity index (χ4v) is 1.24. The molecule has 0 bridgehead atoms. The minimum atomic E-state index is -1.03. The Labute approximate surface area is 74.0 Å². The zero-order valence-electron chi connectivity index (χ0n) is 6.90. The van der Waals surface area contributed by atoms with Crippen LogP contribution in [0.2, 0.25) is 0 Å². The number of nitrogens with zero attached hydrogens (tertiary/aromatic N) is 2. The molecule has 0 atom stereocenters. The number of hydrogen-bond acceptors (Lipinski definition) is 2. The minimum absolute atomic E-state index is 0.155. The van der Waals surface area contributed by atoms with Crippen LogP contribution in [0.15, 0.2) is 6.20 Å². The van der Waals surface area contributed by atoms with Gasteiger partial charge in [-0.2, -0.15) is 9.49 Å². The molecule has 1 N–H and O–H groups in total. The van der Waals surface area contributed by atoms with E-state index in [1.165, 1.54) is 10.9 Å². The Bertz CT molecular complexity index is 344. The fraction of sp³-hybridized carbons (Fsp3) is 0.500. The highest BCUT2D eigenvalue weighted by atomic mass is 19.1. The number of carbonyl (C=O) groups is 1. The summed E-state index contributed by atoms with van der Waals surface area (Å²) in [5, 5.41) is 12.3. The van der Waals surface area contributed by atoms with Crippen LogP contribution >= 0.6 is 0 Å². The van der Waals surface area contributed by atoms with E-state index < -0.39 is 11.9 Å². The van der Waals surface area contributed by atoms with Crippen molar-refractivity contribution in [3.8, 4) is 0 Å². The van der Waals surface area contributed by atoms with Gasteiger partial charge in [0.25, 0.3) is 0 Å². The summed E-state index contributed by atoms with van der Waals surface area (Å²) >= 11 is 0. The lowest BCUT2D eigenvalue weighted by Crippen LogP contribution is -2.04. The van der Waals surface area contributed by atoms with Crippen LogP contribution in [0.5, 0.6) is 0 Å². The van der Waals surface area contributed by atoms with Crippen molar-refractivity contribution in [1.82, 2.24) is 9.78 Å². The molecule has 0 aliphatic heterocycles. The van der Waals surface area contributed by atoms with Crippen molar-refractivity contribution in [2.75, 3.05) is 0 Å². The third-order valence-corrected chi connectivity index (χ3v) is 2.04. The molecule has 70 valence electrons. The summed E-state index contributed by atoms with van der Waals surface area (Å²) in [6.45, 7) is 0. The van der Waals surface area contributed by atoms with Crippen LogP contribution in [-0.2, 0) is 11.2 Å². The summed E-state index contributed by atoms with van der Waals surface area (Å²) in [7, 11) is 0. The maximum absolute atomic E-state index is 13.3. The first-order valence-corrected chi connectivity index (χ1v) is 4.12. The third-order valence-electron chi connectivity index (χ3n) is 2.04.